The minimum absolute atomic E-state index is 0.357. The van der Waals surface area contributed by atoms with Crippen LogP contribution in [0.1, 0.15) is 25.5 Å². The Labute approximate surface area is 119 Å². The largest absolute Gasteiger partial charge is 0.326 e. The summed E-state index contributed by atoms with van der Waals surface area (Å²) in [5, 5.41) is 3.42. The Bertz CT molecular complexity index is 724. The maximum absolute atomic E-state index is 4.70. The molecule has 0 unspecified atom stereocenters. The summed E-state index contributed by atoms with van der Waals surface area (Å²) >= 11 is 0. The second-order valence-electron chi connectivity index (χ2n) is 5.38. The van der Waals surface area contributed by atoms with Crippen molar-refractivity contribution in [1.82, 2.24) is 9.55 Å². The van der Waals surface area contributed by atoms with E-state index in [4.69, 9.17) is 4.98 Å². The Morgan fingerprint density at radius 3 is 2.40 bits per heavy atom. The van der Waals surface area contributed by atoms with Gasteiger partial charge in [-0.3, -0.25) is 0 Å². The van der Waals surface area contributed by atoms with Crippen molar-refractivity contribution in [2.45, 2.75) is 26.8 Å². The number of fused-ring (bicyclic) bond motifs is 1. The molecule has 20 heavy (non-hydrogen) atoms. The zero-order chi connectivity index (χ0) is 14.1. The molecule has 1 heterocycles. The lowest BCUT2D eigenvalue weighted by Crippen LogP contribution is -2.06. The fourth-order valence-corrected chi connectivity index (χ4v) is 2.42. The third-order valence-corrected chi connectivity index (χ3v) is 3.42. The van der Waals surface area contributed by atoms with Gasteiger partial charge in [0, 0.05) is 11.7 Å². The smallest absolute Gasteiger partial charge is 0.208 e. The highest BCUT2D eigenvalue weighted by atomic mass is 15.2. The number of hydrogen-bond acceptors (Lipinski definition) is 2. The molecule has 3 rings (SSSR count). The monoisotopic (exact) mass is 265 g/mol. The summed E-state index contributed by atoms with van der Waals surface area (Å²) in [6.07, 6.45) is 0. The highest BCUT2D eigenvalue weighted by molar-refractivity contribution is 5.79. The maximum Gasteiger partial charge on any atom is 0.208 e. The minimum atomic E-state index is 0.357. The standard InChI is InChI=1S/C17H19N3/c1-12(2)20-16-7-5-4-6-15(16)19-17(20)18-14-10-8-13(3)9-11-14/h4-12H,1-3H3,(H,18,19). The molecule has 1 N–H and O–H groups in total. The first kappa shape index (κ1) is 12.7. The van der Waals surface area contributed by atoms with E-state index in [0.29, 0.717) is 6.04 Å². The van der Waals surface area contributed by atoms with Gasteiger partial charge >= 0.3 is 0 Å². The van der Waals surface area contributed by atoms with Crippen molar-refractivity contribution in [2.75, 3.05) is 5.32 Å². The summed E-state index contributed by atoms with van der Waals surface area (Å²) in [6, 6.07) is 17.0. The van der Waals surface area contributed by atoms with Crippen LogP contribution in [0.4, 0.5) is 11.6 Å². The van der Waals surface area contributed by atoms with Gasteiger partial charge in [-0.2, -0.15) is 0 Å². The summed E-state index contributed by atoms with van der Waals surface area (Å²) in [5.41, 5.74) is 4.51. The molecule has 0 fully saturated rings. The first-order valence-corrected chi connectivity index (χ1v) is 6.96. The predicted octanol–water partition coefficient (Wildman–Crippen LogP) is 4.67. The second kappa shape index (κ2) is 5.00. The van der Waals surface area contributed by atoms with Crippen molar-refractivity contribution in [3.8, 4) is 0 Å². The quantitative estimate of drug-likeness (QED) is 0.745. The van der Waals surface area contributed by atoms with E-state index < -0.39 is 0 Å². The number of benzene rings is 2. The Kier molecular flexibility index (Phi) is 3.18. The van der Waals surface area contributed by atoms with Gasteiger partial charge in [-0.05, 0) is 45.0 Å². The zero-order valence-electron chi connectivity index (χ0n) is 12.1. The number of rotatable bonds is 3. The molecule has 1 aromatic heterocycles. The second-order valence-corrected chi connectivity index (χ2v) is 5.38. The highest BCUT2D eigenvalue weighted by Crippen LogP contribution is 2.26. The Morgan fingerprint density at radius 1 is 1.00 bits per heavy atom. The van der Waals surface area contributed by atoms with Crippen LogP contribution >= 0.6 is 0 Å². The molecule has 0 radical (unpaired) electrons. The zero-order valence-corrected chi connectivity index (χ0v) is 12.1. The van der Waals surface area contributed by atoms with Crippen molar-refractivity contribution in [3.05, 3.63) is 54.1 Å². The average Bonchev–Trinajstić information content (AvgIpc) is 2.79. The molecule has 2 aromatic carbocycles. The number of para-hydroxylation sites is 2. The molecule has 102 valence electrons. The average molecular weight is 265 g/mol. The summed E-state index contributed by atoms with van der Waals surface area (Å²) in [4.78, 5) is 4.70. The van der Waals surface area contributed by atoms with Crippen LogP contribution in [0.15, 0.2) is 48.5 Å². The SMILES string of the molecule is Cc1ccc(Nc2nc3ccccc3n2C(C)C)cc1. The Morgan fingerprint density at radius 2 is 1.70 bits per heavy atom. The number of anilines is 2. The first-order valence-electron chi connectivity index (χ1n) is 6.96. The van der Waals surface area contributed by atoms with E-state index in [9.17, 15) is 0 Å². The van der Waals surface area contributed by atoms with Gasteiger partial charge in [-0.25, -0.2) is 4.98 Å². The normalized spacial score (nSPS) is 11.2. The maximum atomic E-state index is 4.70. The molecular weight excluding hydrogens is 246 g/mol. The number of imidazole rings is 1. The van der Waals surface area contributed by atoms with E-state index in [0.717, 1.165) is 22.7 Å². The number of nitrogens with one attached hydrogen (secondary N) is 1. The van der Waals surface area contributed by atoms with Gasteiger partial charge in [0.1, 0.15) is 0 Å². The Balaban J connectivity index is 2.06. The van der Waals surface area contributed by atoms with E-state index in [2.05, 4.69) is 73.1 Å². The molecule has 0 spiro atoms. The van der Waals surface area contributed by atoms with Crippen molar-refractivity contribution < 1.29 is 0 Å². The summed E-state index contributed by atoms with van der Waals surface area (Å²) in [5.74, 6) is 0.894. The van der Waals surface area contributed by atoms with Gasteiger partial charge < -0.3 is 9.88 Å². The van der Waals surface area contributed by atoms with E-state index in [1.165, 1.54) is 5.56 Å². The molecule has 0 saturated carbocycles. The van der Waals surface area contributed by atoms with Crippen LogP contribution < -0.4 is 5.32 Å². The molecule has 0 aliphatic heterocycles. The minimum Gasteiger partial charge on any atom is -0.326 e. The van der Waals surface area contributed by atoms with Crippen molar-refractivity contribution in [3.63, 3.8) is 0 Å². The molecular formula is C17H19N3. The third-order valence-electron chi connectivity index (χ3n) is 3.42. The van der Waals surface area contributed by atoms with Crippen LogP contribution in [0.3, 0.4) is 0 Å². The van der Waals surface area contributed by atoms with Gasteiger partial charge in [-0.15, -0.1) is 0 Å². The summed E-state index contributed by atoms with van der Waals surface area (Å²) in [6.45, 7) is 6.44. The molecule has 0 aliphatic carbocycles. The van der Waals surface area contributed by atoms with Gasteiger partial charge in [-0.1, -0.05) is 29.8 Å². The molecule has 0 aliphatic rings. The molecule has 0 bridgehead atoms. The van der Waals surface area contributed by atoms with Crippen LogP contribution in [-0.4, -0.2) is 9.55 Å². The Hall–Kier alpha value is -2.29. The van der Waals surface area contributed by atoms with Crippen LogP contribution in [-0.2, 0) is 0 Å². The third kappa shape index (κ3) is 2.27. The van der Waals surface area contributed by atoms with E-state index >= 15 is 0 Å². The molecule has 0 saturated heterocycles. The fraction of sp³-hybridized carbons (Fsp3) is 0.235. The highest BCUT2D eigenvalue weighted by Gasteiger charge is 2.12. The first-order chi connectivity index (χ1) is 9.65. The fourth-order valence-electron chi connectivity index (χ4n) is 2.42. The predicted molar refractivity (Wildman–Crippen MR) is 84.6 cm³/mol. The van der Waals surface area contributed by atoms with Crippen LogP contribution in [0, 0.1) is 6.92 Å². The van der Waals surface area contributed by atoms with Crippen molar-refractivity contribution >= 4 is 22.7 Å². The van der Waals surface area contributed by atoms with E-state index in [1.807, 2.05) is 6.07 Å². The van der Waals surface area contributed by atoms with Crippen LogP contribution in [0.2, 0.25) is 0 Å². The van der Waals surface area contributed by atoms with Crippen molar-refractivity contribution in [2.24, 2.45) is 0 Å². The van der Waals surface area contributed by atoms with Gasteiger partial charge in [0.25, 0.3) is 0 Å². The topological polar surface area (TPSA) is 29.9 Å². The lowest BCUT2D eigenvalue weighted by atomic mass is 10.2. The molecule has 0 amide bonds. The van der Waals surface area contributed by atoms with E-state index in [1.54, 1.807) is 0 Å². The molecule has 3 heteroatoms. The number of aromatic nitrogens is 2. The van der Waals surface area contributed by atoms with Gasteiger partial charge in [0.2, 0.25) is 5.95 Å². The lowest BCUT2D eigenvalue weighted by Gasteiger charge is -2.14. The molecule has 3 aromatic rings. The van der Waals surface area contributed by atoms with Crippen molar-refractivity contribution in [1.29, 1.82) is 0 Å². The van der Waals surface area contributed by atoms with Gasteiger partial charge in [0.05, 0.1) is 11.0 Å². The number of hydrogen-bond donors (Lipinski definition) is 1. The van der Waals surface area contributed by atoms with Crippen LogP contribution in [0.25, 0.3) is 11.0 Å². The number of aryl methyl sites for hydroxylation is 1. The molecule has 3 nitrogen and oxygen atoms in total. The number of nitrogens with zero attached hydrogens (tertiary/aromatic N) is 2. The van der Waals surface area contributed by atoms with Crippen LogP contribution in [0.5, 0.6) is 0 Å². The lowest BCUT2D eigenvalue weighted by molar-refractivity contribution is 0.625. The summed E-state index contributed by atoms with van der Waals surface area (Å²) < 4.78 is 2.23. The van der Waals surface area contributed by atoms with Gasteiger partial charge in [0.15, 0.2) is 0 Å². The summed E-state index contributed by atoms with van der Waals surface area (Å²) in [7, 11) is 0. The van der Waals surface area contributed by atoms with E-state index in [-0.39, 0.29) is 0 Å². The molecule has 0 atom stereocenters.